The molecular weight excluding hydrogens is 352 g/mol. The number of hydrogen-bond acceptors (Lipinski definition) is 5. The Bertz CT molecular complexity index is 715. The van der Waals surface area contributed by atoms with Gasteiger partial charge >= 0.3 is 0 Å². The van der Waals surface area contributed by atoms with Crippen LogP contribution < -0.4 is 10.1 Å². The minimum Gasteiger partial charge on any atom is -0.496 e. The van der Waals surface area contributed by atoms with Crippen LogP contribution in [0.5, 0.6) is 5.75 Å². The molecule has 0 spiro atoms. The van der Waals surface area contributed by atoms with Crippen LogP contribution in [0.15, 0.2) is 18.2 Å². The van der Waals surface area contributed by atoms with Crippen LogP contribution in [-0.4, -0.2) is 47.4 Å². The molecule has 1 unspecified atom stereocenters. The van der Waals surface area contributed by atoms with Gasteiger partial charge in [0.05, 0.1) is 17.9 Å². The number of carbonyl (C=O) groups is 3. The van der Waals surface area contributed by atoms with Crippen molar-refractivity contribution in [1.82, 2.24) is 10.2 Å². The van der Waals surface area contributed by atoms with Crippen LogP contribution >= 0.6 is 11.8 Å². The summed E-state index contributed by atoms with van der Waals surface area (Å²) in [7, 11) is 3.40. The number of nitrogens with zero attached hydrogens (tertiary/aromatic N) is 1. The number of imide groups is 1. The van der Waals surface area contributed by atoms with E-state index in [0.717, 1.165) is 43.0 Å². The van der Waals surface area contributed by atoms with Gasteiger partial charge in [-0.1, -0.05) is 37.1 Å². The maximum atomic E-state index is 13.0. The summed E-state index contributed by atoms with van der Waals surface area (Å²) in [6.07, 6.45) is 6.01. The monoisotopic (exact) mass is 376 g/mol. The van der Waals surface area contributed by atoms with Crippen molar-refractivity contribution in [2.75, 3.05) is 14.2 Å². The number of carbonyl (C=O) groups excluding carboxylic acids is 3. The maximum absolute atomic E-state index is 13.0. The Morgan fingerprint density at radius 3 is 2.62 bits per heavy atom. The quantitative estimate of drug-likeness (QED) is 0.855. The second kappa shape index (κ2) is 8.12. The third-order valence-electron chi connectivity index (χ3n) is 5.13. The third kappa shape index (κ3) is 4.03. The molecule has 7 heteroatoms. The van der Waals surface area contributed by atoms with E-state index in [0.29, 0.717) is 17.7 Å². The molecule has 6 nitrogen and oxygen atoms in total. The number of benzene rings is 1. The van der Waals surface area contributed by atoms with Gasteiger partial charge in [-0.15, -0.1) is 0 Å². The van der Waals surface area contributed by atoms with Gasteiger partial charge in [0, 0.05) is 13.1 Å². The lowest BCUT2D eigenvalue weighted by Crippen LogP contribution is -2.38. The molecule has 1 saturated carbocycles. The van der Waals surface area contributed by atoms with Gasteiger partial charge in [-0.2, -0.15) is 0 Å². The van der Waals surface area contributed by atoms with Crippen molar-refractivity contribution in [2.24, 2.45) is 0 Å². The molecule has 0 bridgehead atoms. The van der Waals surface area contributed by atoms with Crippen LogP contribution in [0.25, 0.3) is 0 Å². The normalized spacial score (nSPS) is 20.8. The second-order valence-corrected chi connectivity index (χ2v) is 8.01. The van der Waals surface area contributed by atoms with E-state index in [9.17, 15) is 14.4 Å². The van der Waals surface area contributed by atoms with Crippen LogP contribution in [0.1, 0.15) is 48.0 Å². The number of hydrogen-bond donors (Lipinski definition) is 1. The van der Waals surface area contributed by atoms with Crippen molar-refractivity contribution in [3.63, 3.8) is 0 Å². The first-order valence-electron chi connectivity index (χ1n) is 8.95. The summed E-state index contributed by atoms with van der Waals surface area (Å²) < 4.78 is 5.38. The fourth-order valence-corrected chi connectivity index (χ4v) is 4.47. The van der Waals surface area contributed by atoms with Gasteiger partial charge in [0.1, 0.15) is 5.75 Å². The number of amides is 3. The summed E-state index contributed by atoms with van der Waals surface area (Å²) in [6.45, 7) is 0. The Kier molecular flexibility index (Phi) is 5.86. The molecule has 3 amide bonds. The second-order valence-electron chi connectivity index (χ2n) is 6.83. The minimum atomic E-state index is -0.449. The van der Waals surface area contributed by atoms with Crippen LogP contribution in [0, 0.1) is 0 Å². The van der Waals surface area contributed by atoms with Gasteiger partial charge in [-0.3, -0.25) is 19.7 Å². The Balaban J connectivity index is 1.79. The summed E-state index contributed by atoms with van der Waals surface area (Å²) in [5.74, 6) is 0.194. The Hall–Kier alpha value is -2.02. The molecule has 3 rings (SSSR count). The van der Waals surface area contributed by atoms with E-state index in [1.54, 1.807) is 19.2 Å². The highest BCUT2D eigenvalue weighted by Gasteiger charge is 2.32. The molecule has 1 atom stereocenters. The van der Waals surface area contributed by atoms with Crippen molar-refractivity contribution in [2.45, 2.75) is 49.8 Å². The smallest absolute Gasteiger partial charge is 0.286 e. The van der Waals surface area contributed by atoms with Crippen molar-refractivity contribution in [3.05, 3.63) is 29.3 Å². The predicted octanol–water partition coefficient (Wildman–Crippen LogP) is 2.99. The highest BCUT2D eigenvalue weighted by Crippen LogP contribution is 2.29. The molecule has 1 N–H and O–H groups in total. The Labute approximate surface area is 157 Å². The van der Waals surface area contributed by atoms with Crippen LogP contribution in [0.4, 0.5) is 4.79 Å². The standard InChI is InChI=1S/C19H24N2O4S/c1-21(13-6-4-3-5-7-13)18(23)14-10-12(8-9-15(14)25-2)11-16-17(22)20-19(24)26-16/h8-10,13,16H,3-7,11H2,1-2H3,(H,20,22,24). The van der Waals surface area contributed by atoms with E-state index in [-0.39, 0.29) is 23.1 Å². The molecule has 0 aromatic heterocycles. The number of methoxy groups -OCH3 is 1. The van der Waals surface area contributed by atoms with Crippen molar-refractivity contribution < 1.29 is 19.1 Å². The number of thioether (sulfide) groups is 1. The molecule has 2 aliphatic rings. The molecule has 1 aromatic carbocycles. The van der Waals surface area contributed by atoms with Crippen LogP contribution in [0.2, 0.25) is 0 Å². The number of ether oxygens (including phenoxy) is 1. The first kappa shape index (κ1) is 18.8. The predicted molar refractivity (Wildman–Crippen MR) is 101 cm³/mol. The van der Waals surface area contributed by atoms with E-state index in [1.165, 1.54) is 6.42 Å². The summed E-state index contributed by atoms with van der Waals surface area (Å²) in [5.41, 5.74) is 1.35. The molecule has 1 aliphatic carbocycles. The maximum Gasteiger partial charge on any atom is 0.286 e. The summed E-state index contributed by atoms with van der Waals surface area (Å²) in [4.78, 5) is 38.0. The molecule has 140 valence electrons. The zero-order valence-electron chi connectivity index (χ0n) is 15.1. The number of nitrogens with one attached hydrogen (secondary N) is 1. The average molecular weight is 376 g/mol. The largest absolute Gasteiger partial charge is 0.496 e. The van der Waals surface area contributed by atoms with Gasteiger partial charge in [-0.25, -0.2) is 0 Å². The average Bonchev–Trinajstić information content (AvgIpc) is 2.98. The van der Waals surface area contributed by atoms with Gasteiger partial charge in [0.25, 0.3) is 11.1 Å². The zero-order valence-corrected chi connectivity index (χ0v) is 15.9. The van der Waals surface area contributed by atoms with E-state index < -0.39 is 5.25 Å². The Morgan fingerprint density at radius 2 is 2.00 bits per heavy atom. The molecule has 1 aromatic rings. The number of rotatable bonds is 5. The fraction of sp³-hybridized carbons (Fsp3) is 0.526. The van der Waals surface area contributed by atoms with Gasteiger partial charge in [-0.05, 0) is 37.0 Å². The summed E-state index contributed by atoms with van der Waals surface area (Å²) >= 11 is 0.996. The Morgan fingerprint density at radius 1 is 1.27 bits per heavy atom. The molecular formula is C19H24N2O4S. The van der Waals surface area contributed by atoms with Gasteiger partial charge in [0.2, 0.25) is 5.91 Å². The molecule has 2 fully saturated rings. The van der Waals surface area contributed by atoms with Crippen molar-refractivity contribution >= 4 is 28.8 Å². The first-order chi connectivity index (χ1) is 12.5. The fourth-order valence-electron chi connectivity index (χ4n) is 3.62. The molecule has 0 radical (unpaired) electrons. The lowest BCUT2D eigenvalue weighted by Gasteiger charge is -2.31. The SMILES string of the molecule is COc1ccc(CC2SC(=O)NC2=O)cc1C(=O)N(C)C1CCCCC1. The van der Waals surface area contributed by atoms with Crippen LogP contribution in [0.3, 0.4) is 0 Å². The highest BCUT2D eigenvalue weighted by molar-refractivity contribution is 8.15. The summed E-state index contributed by atoms with van der Waals surface area (Å²) in [5, 5.41) is 1.53. The molecule has 26 heavy (non-hydrogen) atoms. The minimum absolute atomic E-state index is 0.0600. The highest BCUT2D eigenvalue weighted by atomic mass is 32.2. The van der Waals surface area contributed by atoms with Crippen molar-refractivity contribution in [3.8, 4) is 5.75 Å². The van der Waals surface area contributed by atoms with E-state index >= 15 is 0 Å². The first-order valence-corrected chi connectivity index (χ1v) is 9.83. The van der Waals surface area contributed by atoms with E-state index in [4.69, 9.17) is 4.74 Å². The van der Waals surface area contributed by atoms with Gasteiger partial charge in [0.15, 0.2) is 0 Å². The third-order valence-corrected chi connectivity index (χ3v) is 6.11. The summed E-state index contributed by atoms with van der Waals surface area (Å²) in [6, 6.07) is 5.65. The van der Waals surface area contributed by atoms with Crippen molar-refractivity contribution in [1.29, 1.82) is 0 Å². The van der Waals surface area contributed by atoms with E-state index in [2.05, 4.69) is 5.32 Å². The molecule has 1 aliphatic heterocycles. The zero-order chi connectivity index (χ0) is 18.7. The van der Waals surface area contributed by atoms with Gasteiger partial charge < -0.3 is 9.64 Å². The molecule has 1 saturated heterocycles. The topological polar surface area (TPSA) is 75.7 Å². The lowest BCUT2D eigenvalue weighted by atomic mass is 9.94. The molecule has 1 heterocycles. The van der Waals surface area contributed by atoms with Crippen LogP contribution in [-0.2, 0) is 11.2 Å². The van der Waals surface area contributed by atoms with E-state index in [1.807, 2.05) is 18.0 Å². The lowest BCUT2D eigenvalue weighted by molar-refractivity contribution is -0.118.